The molecule has 0 spiro atoms. The Morgan fingerprint density at radius 3 is 2.85 bits per heavy atom. The molecule has 0 atom stereocenters. The quantitative estimate of drug-likeness (QED) is 0.864. The van der Waals surface area contributed by atoms with Crippen LogP contribution in [0.15, 0.2) is 47.4 Å². The summed E-state index contributed by atoms with van der Waals surface area (Å²) in [4.78, 5) is 11.6. The van der Waals surface area contributed by atoms with Crippen molar-refractivity contribution in [3.63, 3.8) is 0 Å². The molecule has 0 aliphatic heterocycles. The average Bonchev–Trinajstić information content (AvgIpc) is 2.41. The number of aliphatic hydroxyl groups excluding tert-OH is 1. The van der Waals surface area contributed by atoms with Gasteiger partial charge in [0.05, 0.1) is 13.2 Å². The zero-order valence-corrected chi connectivity index (χ0v) is 10.8. The summed E-state index contributed by atoms with van der Waals surface area (Å²) in [6.07, 6.45) is 2.01. The van der Waals surface area contributed by atoms with Crippen molar-refractivity contribution in [2.24, 2.45) is 0 Å². The molecule has 0 unspecified atom stereocenters. The fraction of sp³-hybridized carbons (Fsp3) is 0.188. The van der Waals surface area contributed by atoms with Crippen LogP contribution < -0.4 is 5.56 Å². The molecule has 0 aliphatic rings. The summed E-state index contributed by atoms with van der Waals surface area (Å²) in [6.45, 7) is 0.278. The van der Waals surface area contributed by atoms with E-state index in [1.165, 1.54) is 22.8 Å². The van der Waals surface area contributed by atoms with E-state index in [-0.39, 0.29) is 18.0 Å². The topological polar surface area (TPSA) is 42.2 Å². The van der Waals surface area contributed by atoms with Crippen LogP contribution in [0.3, 0.4) is 0 Å². The van der Waals surface area contributed by atoms with E-state index in [1.807, 2.05) is 0 Å². The Kier molecular flexibility index (Phi) is 4.70. The highest BCUT2D eigenvalue weighted by Crippen LogP contribution is 2.09. The fourth-order valence-corrected chi connectivity index (χ4v) is 1.82. The predicted molar refractivity (Wildman–Crippen MR) is 74.8 cm³/mol. The Morgan fingerprint density at radius 1 is 1.25 bits per heavy atom. The minimum Gasteiger partial charge on any atom is -0.395 e. The minimum atomic E-state index is -0.389. The molecule has 102 valence electrons. The molecule has 3 nitrogen and oxygen atoms in total. The van der Waals surface area contributed by atoms with Crippen molar-refractivity contribution >= 4 is 0 Å². The number of aromatic nitrogens is 1. The number of rotatable bonds is 3. The molecule has 2 aromatic rings. The van der Waals surface area contributed by atoms with Gasteiger partial charge >= 0.3 is 0 Å². The summed E-state index contributed by atoms with van der Waals surface area (Å²) in [5, 5.41) is 8.66. The second kappa shape index (κ2) is 6.69. The first-order valence-corrected chi connectivity index (χ1v) is 6.24. The van der Waals surface area contributed by atoms with E-state index in [0.29, 0.717) is 24.1 Å². The van der Waals surface area contributed by atoms with Crippen molar-refractivity contribution < 1.29 is 9.50 Å². The van der Waals surface area contributed by atoms with Gasteiger partial charge in [0.15, 0.2) is 0 Å². The van der Waals surface area contributed by atoms with Crippen molar-refractivity contribution in [3.05, 3.63) is 69.9 Å². The van der Waals surface area contributed by atoms with E-state index in [2.05, 4.69) is 11.8 Å². The summed E-state index contributed by atoms with van der Waals surface area (Å²) in [5.74, 6) is 5.15. The molecule has 0 radical (unpaired) electrons. The van der Waals surface area contributed by atoms with Gasteiger partial charge in [-0.1, -0.05) is 17.9 Å². The van der Waals surface area contributed by atoms with Crippen LogP contribution in [0.25, 0.3) is 0 Å². The molecule has 0 fully saturated rings. The van der Waals surface area contributed by atoms with Crippen molar-refractivity contribution in [1.82, 2.24) is 4.57 Å². The highest BCUT2D eigenvalue weighted by atomic mass is 19.1. The third-order valence-corrected chi connectivity index (χ3v) is 2.68. The maximum atomic E-state index is 13.5. The van der Waals surface area contributed by atoms with Gasteiger partial charge in [-0.25, -0.2) is 4.39 Å². The summed E-state index contributed by atoms with van der Waals surface area (Å²) in [6, 6.07) is 9.34. The maximum Gasteiger partial charge on any atom is 0.250 e. The first kappa shape index (κ1) is 14.0. The largest absolute Gasteiger partial charge is 0.395 e. The van der Waals surface area contributed by atoms with Gasteiger partial charge in [0, 0.05) is 24.2 Å². The number of benzene rings is 1. The van der Waals surface area contributed by atoms with E-state index in [1.54, 1.807) is 24.4 Å². The van der Waals surface area contributed by atoms with E-state index >= 15 is 0 Å². The molecular formula is C16H14FNO2. The molecule has 0 bridgehead atoms. The molecular weight excluding hydrogens is 257 g/mol. The molecule has 1 aromatic heterocycles. The molecule has 20 heavy (non-hydrogen) atoms. The second-order valence-electron chi connectivity index (χ2n) is 4.29. The average molecular weight is 271 g/mol. The molecule has 0 aliphatic carbocycles. The molecule has 0 amide bonds. The molecule has 1 N–H and O–H groups in total. The zero-order chi connectivity index (χ0) is 14.4. The van der Waals surface area contributed by atoms with E-state index < -0.39 is 0 Å². The van der Waals surface area contributed by atoms with Crippen molar-refractivity contribution in [3.8, 4) is 11.8 Å². The lowest BCUT2D eigenvalue weighted by Crippen LogP contribution is -2.18. The number of nitrogens with zero attached hydrogens (tertiary/aromatic N) is 1. The number of aliphatic hydroxyl groups is 1. The number of pyridine rings is 1. The van der Waals surface area contributed by atoms with E-state index in [9.17, 15) is 9.18 Å². The summed E-state index contributed by atoms with van der Waals surface area (Å²) < 4.78 is 15.0. The van der Waals surface area contributed by atoms with Gasteiger partial charge < -0.3 is 9.67 Å². The van der Waals surface area contributed by atoms with Gasteiger partial charge in [-0.15, -0.1) is 0 Å². The monoisotopic (exact) mass is 271 g/mol. The lowest BCUT2D eigenvalue weighted by atomic mass is 10.1. The maximum absolute atomic E-state index is 13.5. The molecule has 1 aromatic carbocycles. The summed E-state index contributed by atoms with van der Waals surface area (Å²) in [5.41, 5.74) is 1.08. The Hall–Kier alpha value is -2.38. The van der Waals surface area contributed by atoms with Crippen LogP contribution in [0, 0.1) is 17.7 Å². The van der Waals surface area contributed by atoms with Gasteiger partial charge in [0.1, 0.15) is 5.82 Å². The van der Waals surface area contributed by atoms with E-state index in [4.69, 9.17) is 5.11 Å². The Labute approximate surface area is 116 Å². The normalized spacial score (nSPS) is 9.90. The number of halogens is 1. The highest BCUT2D eigenvalue weighted by molar-refractivity contribution is 5.37. The van der Waals surface area contributed by atoms with Crippen LogP contribution in [0.5, 0.6) is 0 Å². The van der Waals surface area contributed by atoms with Gasteiger partial charge in [-0.2, -0.15) is 0 Å². The van der Waals surface area contributed by atoms with Crippen LogP contribution in [-0.4, -0.2) is 16.3 Å². The number of hydrogen-bond acceptors (Lipinski definition) is 2. The smallest absolute Gasteiger partial charge is 0.250 e. The number of hydrogen-bond donors (Lipinski definition) is 1. The first-order chi connectivity index (χ1) is 9.69. The Morgan fingerprint density at radius 2 is 2.10 bits per heavy atom. The molecule has 0 saturated heterocycles. The molecule has 1 heterocycles. The van der Waals surface area contributed by atoms with Crippen molar-refractivity contribution in [2.45, 2.75) is 13.0 Å². The SMILES string of the molecule is O=c1ccccn1Cc1cc(F)cc(C#CCCO)c1. The Balaban J connectivity index is 2.27. The first-order valence-electron chi connectivity index (χ1n) is 6.24. The van der Waals surface area contributed by atoms with Crippen LogP contribution in [0.4, 0.5) is 4.39 Å². The lowest BCUT2D eigenvalue weighted by Gasteiger charge is -2.06. The van der Waals surface area contributed by atoms with Crippen LogP contribution >= 0.6 is 0 Å². The lowest BCUT2D eigenvalue weighted by molar-refractivity contribution is 0.305. The van der Waals surface area contributed by atoms with Crippen molar-refractivity contribution in [1.29, 1.82) is 0 Å². The van der Waals surface area contributed by atoms with Gasteiger partial charge in [0.2, 0.25) is 0 Å². The van der Waals surface area contributed by atoms with Gasteiger partial charge in [-0.3, -0.25) is 4.79 Å². The molecule has 4 heteroatoms. The highest BCUT2D eigenvalue weighted by Gasteiger charge is 2.01. The zero-order valence-electron chi connectivity index (χ0n) is 10.8. The van der Waals surface area contributed by atoms with Gasteiger partial charge in [0.25, 0.3) is 5.56 Å². The second-order valence-corrected chi connectivity index (χ2v) is 4.29. The van der Waals surface area contributed by atoms with Gasteiger partial charge in [-0.05, 0) is 29.8 Å². The Bertz CT molecular complexity index is 710. The third-order valence-electron chi connectivity index (χ3n) is 2.68. The standard InChI is InChI=1S/C16H14FNO2/c17-15-10-13(5-2-4-8-19)9-14(11-15)12-18-7-3-1-6-16(18)20/h1,3,6-7,9-11,19H,4,8,12H2. The molecule has 2 rings (SSSR count). The van der Waals surface area contributed by atoms with Crippen LogP contribution in [-0.2, 0) is 6.54 Å². The predicted octanol–water partition coefficient (Wildman–Crippen LogP) is 1.77. The fourth-order valence-electron chi connectivity index (χ4n) is 1.82. The summed E-state index contributed by atoms with van der Waals surface area (Å²) in [7, 11) is 0. The van der Waals surface area contributed by atoms with Crippen LogP contribution in [0.2, 0.25) is 0 Å². The van der Waals surface area contributed by atoms with Crippen LogP contribution in [0.1, 0.15) is 17.5 Å². The third kappa shape index (κ3) is 3.81. The molecule has 0 saturated carbocycles. The summed E-state index contributed by atoms with van der Waals surface area (Å²) >= 11 is 0. The van der Waals surface area contributed by atoms with E-state index in [0.717, 1.165) is 0 Å². The van der Waals surface area contributed by atoms with Crippen molar-refractivity contribution in [2.75, 3.05) is 6.61 Å². The minimum absolute atomic E-state index is 0.0193.